The fraction of sp³-hybridized carbons (Fsp3) is 0.444. The Kier molecular flexibility index (Phi) is 7.97. The van der Waals surface area contributed by atoms with E-state index >= 15 is 0 Å². The van der Waals surface area contributed by atoms with Crippen LogP contribution < -0.4 is 4.74 Å². The Labute approximate surface area is 132 Å². The van der Waals surface area contributed by atoms with Crippen molar-refractivity contribution in [2.75, 3.05) is 6.61 Å². The first-order valence-electron chi connectivity index (χ1n) is 7.66. The molecule has 0 heterocycles. The number of hydrogen-bond acceptors (Lipinski definition) is 4. The topological polar surface area (TPSA) is 52.6 Å². The van der Waals surface area contributed by atoms with Gasteiger partial charge in [0, 0.05) is 12.2 Å². The van der Waals surface area contributed by atoms with Crippen LogP contribution in [0, 0.1) is 5.92 Å². The zero-order chi connectivity index (χ0) is 16.4. The second-order valence-electron chi connectivity index (χ2n) is 5.46. The van der Waals surface area contributed by atoms with E-state index in [1.54, 1.807) is 12.1 Å². The van der Waals surface area contributed by atoms with Gasteiger partial charge in [-0.25, -0.2) is 9.59 Å². The standard InChI is InChI=1S/C18H24O4/c1-4-15-8-5-9-16(13-15)22-18(20)11-10-17(19)21-12-6-7-14(2)3/h5,8-11,13-14H,4,6-7,12H2,1-3H3/b11-10+. The quantitative estimate of drug-likeness (QED) is 0.318. The molecule has 0 fully saturated rings. The molecular weight excluding hydrogens is 280 g/mol. The Bertz CT molecular complexity index is 518. The Morgan fingerprint density at radius 3 is 2.59 bits per heavy atom. The van der Waals surface area contributed by atoms with Gasteiger partial charge in [0.15, 0.2) is 0 Å². The summed E-state index contributed by atoms with van der Waals surface area (Å²) in [5.74, 6) is -0.0576. The van der Waals surface area contributed by atoms with Crippen molar-refractivity contribution >= 4 is 11.9 Å². The predicted molar refractivity (Wildman–Crippen MR) is 85.6 cm³/mol. The fourth-order valence-electron chi connectivity index (χ4n) is 1.83. The second-order valence-corrected chi connectivity index (χ2v) is 5.46. The van der Waals surface area contributed by atoms with Crippen molar-refractivity contribution < 1.29 is 19.1 Å². The summed E-state index contributed by atoms with van der Waals surface area (Å²) < 4.78 is 10.1. The number of aryl methyl sites for hydroxylation is 1. The first-order chi connectivity index (χ1) is 10.5. The average Bonchev–Trinajstić information content (AvgIpc) is 2.49. The summed E-state index contributed by atoms with van der Waals surface area (Å²) in [4.78, 5) is 23.0. The highest BCUT2D eigenvalue weighted by atomic mass is 16.5. The number of ether oxygens (including phenoxy) is 2. The number of carbonyl (C=O) groups is 2. The van der Waals surface area contributed by atoms with E-state index in [1.807, 2.05) is 19.1 Å². The van der Waals surface area contributed by atoms with Crippen molar-refractivity contribution in [2.24, 2.45) is 5.92 Å². The van der Waals surface area contributed by atoms with Crippen molar-refractivity contribution in [2.45, 2.75) is 40.0 Å². The van der Waals surface area contributed by atoms with Crippen molar-refractivity contribution in [1.82, 2.24) is 0 Å². The third-order valence-electron chi connectivity index (χ3n) is 3.05. The van der Waals surface area contributed by atoms with E-state index in [4.69, 9.17) is 9.47 Å². The molecule has 0 spiro atoms. The van der Waals surface area contributed by atoms with Crippen LogP contribution in [0.15, 0.2) is 36.4 Å². The number of rotatable bonds is 8. The minimum absolute atomic E-state index is 0.370. The predicted octanol–water partition coefficient (Wildman–Crippen LogP) is 3.69. The SMILES string of the molecule is CCc1cccc(OC(=O)/C=C/C(=O)OCCCC(C)C)c1. The molecule has 0 saturated carbocycles. The van der Waals surface area contributed by atoms with Crippen molar-refractivity contribution in [3.05, 3.63) is 42.0 Å². The monoisotopic (exact) mass is 304 g/mol. The molecule has 0 atom stereocenters. The van der Waals surface area contributed by atoms with Crippen LogP contribution in [0.3, 0.4) is 0 Å². The lowest BCUT2D eigenvalue weighted by Gasteiger charge is -2.04. The van der Waals surface area contributed by atoms with Crippen molar-refractivity contribution in [3.8, 4) is 5.75 Å². The molecule has 120 valence electrons. The minimum Gasteiger partial charge on any atom is -0.463 e. The molecule has 0 saturated heterocycles. The van der Waals surface area contributed by atoms with Crippen LogP contribution in [-0.2, 0) is 20.7 Å². The second kappa shape index (κ2) is 9.77. The summed E-state index contributed by atoms with van der Waals surface area (Å²) in [6.07, 6.45) is 4.88. The summed E-state index contributed by atoms with van der Waals surface area (Å²) in [5, 5.41) is 0. The maximum atomic E-state index is 11.6. The van der Waals surface area contributed by atoms with Crippen LogP contribution in [0.5, 0.6) is 5.75 Å². The minimum atomic E-state index is -0.590. The third kappa shape index (κ3) is 7.62. The maximum absolute atomic E-state index is 11.6. The summed E-state index contributed by atoms with van der Waals surface area (Å²) in [7, 11) is 0. The molecule has 0 aliphatic carbocycles. The largest absolute Gasteiger partial charge is 0.463 e. The zero-order valence-electron chi connectivity index (χ0n) is 13.5. The van der Waals surface area contributed by atoms with Gasteiger partial charge in [0.1, 0.15) is 5.75 Å². The lowest BCUT2D eigenvalue weighted by Crippen LogP contribution is -2.07. The molecule has 1 aromatic carbocycles. The molecular formula is C18H24O4. The van der Waals surface area contributed by atoms with Crippen LogP contribution in [0.1, 0.15) is 39.2 Å². The van der Waals surface area contributed by atoms with Crippen LogP contribution in [0.25, 0.3) is 0 Å². The van der Waals surface area contributed by atoms with Crippen LogP contribution >= 0.6 is 0 Å². The highest BCUT2D eigenvalue weighted by Gasteiger charge is 2.04. The molecule has 1 rings (SSSR count). The molecule has 4 heteroatoms. The highest BCUT2D eigenvalue weighted by Crippen LogP contribution is 2.14. The van der Waals surface area contributed by atoms with Gasteiger partial charge in [-0.3, -0.25) is 0 Å². The van der Waals surface area contributed by atoms with E-state index in [1.165, 1.54) is 0 Å². The van der Waals surface area contributed by atoms with Gasteiger partial charge in [0.2, 0.25) is 0 Å². The van der Waals surface area contributed by atoms with Gasteiger partial charge in [-0.05, 0) is 42.9 Å². The molecule has 0 N–H and O–H groups in total. The lowest BCUT2D eigenvalue weighted by molar-refractivity contribution is -0.138. The maximum Gasteiger partial charge on any atom is 0.336 e. The Balaban J connectivity index is 2.35. The molecule has 22 heavy (non-hydrogen) atoms. The normalized spacial score (nSPS) is 10.9. The molecule has 0 aliphatic rings. The fourth-order valence-corrected chi connectivity index (χ4v) is 1.83. The smallest absolute Gasteiger partial charge is 0.336 e. The van der Waals surface area contributed by atoms with Crippen molar-refractivity contribution in [3.63, 3.8) is 0 Å². The van der Waals surface area contributed by atoms with E-state index in [0.29, 0.717) is 18.3 Å². The van der Waals surface area contributed by atoms with E-state index in [0.717, 1.165) is 37.0 Å². The number of benzene rings is 1. The summed E-state index contributed by atoms with van der Waals surface area (Å²) in [5.41, 5.74) is 1.08. The first-order valence-corrected chi connectivity index (χ1v) is 7.66. The molecule has 0 unspecified atom stereocenters. The highest BCUT2D eigenvalue weighted by molar-refractivity contribution is 5.92. The molecule has 0 aliphatic heterocycles. The number of carbonyl (C=O) groups excluding carboxylic acids is 2. The van der Waals surface area contributed by atoms with E-state index < -0.39 is 11.9 Å². The zero-order valence-corrected chi connectivity index (χ0v) is 13.5. The molecule has 0 aromatic heterocycles. The van der Waals surface area contributed by atoms with Crippen LogP contribution in [0.4, 0.5) is 0 Å². The third-order valence-corrected chi connectivity index (χ3v) is 3.05. The summed E-state index contributed by atoms with van der Waals surface area (Å²) in [6, 6.07) is 7.29. The van der Waals surface area contributed by atoms with Gasteiger partial charge in [0.25, 0.3) is 0 Å². The van der Waals surface area contributed by atoms with Gasteiger partial charge in [-0.2, -0.15) is 0 Å². The van der Waals surface area contributed by atoms with Crippen LogP contribution in [0.2, 0.25) is 0 Å². The number of hydrogen-bond donors (Lipinski definition) is 0. The Morgan fingerprint density at radius 1 is 1.18 bits per heavy atom. The van der Waals surface area contributed by atoms with Crippen LogP contribution in [-0.4, -0.2) is 18.5 Å². The molecule has 0 radical (unpaired) electrons. The summed E-state index contributed by atoms with van der Waals surface area (Å²) in [6.45, 7) is 6.63. The van der Waals surface area contributed by atoms with E-state index in [-0.39, 0.29) is 0 Å². The number of esters is 2. The molecule has 0 amide bonds. The van der Waals surface area contributed by atoms with Gasteiger partial charge < -0.3 is 9.47 Å². The van der Waals surface area contributed by atoms with Gasteiger partial charge in [0.05, 0.1) is 6.61 Å². The summed E-state index contributed by atoms with van der Waals surface area (Å²) >= 11 is 0. The van der Waals surface area contributed by atoms with Crippen molar-refractivity contribution in [1.29, 1.82) is 0 Å². The van der Waals surface area contributed by atoms with E-state index in [9.17, 15) is 9.59 Å². The molecule has 4 nitrogen and oxygen atoms in total. The first kappa shape index (κ1) is 18.0. The average molecular weight is 304 g/mol. The Hall–Kier alpha value is -2.10. The van der Waals surface area contributed by atoms with Gasteiger partial charge in [-0.15, -0.1) is 0 Å². The van der Waals surface area contributed by atoms with E-state index in [2.05, 4.69) is 13.8 Å². The van der Waals surface area contributed by atoms with Gasteiger partial charge in [-0.1, -0.05) is 32.9 Å². The Morgan fingerprint density at radius 2 is 1.91 bits per heavy atom. The molecule has 0 bridgehead atoms. The van der Waals surface area contributed by atoms with Gasteiger partial charge >= 0.3 is 11.9 Å². The molecule has 1 aromatic rings. The lowest BCUT2D eigenvalue weighted by atomic mass is 10.1.